The highest BCUT2D eigenvalue weighted by molar-refractivity contribution is 7.18. The van der Waals surface area contributed by atoms with Crippen LogP contribution in [0.25, 0.3) is 10.2 Å². The summed E-state index contributed by atoms with van der Waals surface area (Å²) in [4.78, 5) is 10.7. The predicted molar refractivity (Wildman–Crippen MR) is 74.9 cm³/mol. The molecule has 3 N–H and O–H groups in total. The van der Waals surface area contributed by atoms with Crippen molar-refractivity contribution < 1.29 is 4.74 Å². The largest absolute Gasteiger partial charge is 0.477 e. The molecule has 98 valence electrons. The first-order valence-corrected chi connectivity index (χ1v) is 6.79. The second kappa shape index (κ2) is 5.49. The van der Waals surface area contributed by atoms with Crippen LogP contribution in [0.15, 0.2) is 6.07 Å². The van der Waals surface area contributed by atoms with Crippen molar-refractivity contribution in [1.29, 1.82) is 0 Å². The molecular weight excluding hydrogens is 248 g/mol. The van der Waals surface area contributed by atoms with Gasteiger partial charge in [0.05, 0.1) is 12.0 Å². The molecule has 0 bridgehead atoms. The van der Waals surface area contributed by atoms with E-state index < -0.39 is 0 Å². The fourth-order valence-corrected chi connectivity index (χ4v) is 2.45. The lowest BCUT2D eigenvalue weighted by atomic mass is 10.1. The number of thiophene rings is 1. The molecule has 0 radical (unpaired) electrons. The van der Waals surface area contributed by atoms with Gasteiger partial charge >= 0.3 is 0 Å². The van der Waals surface area contributed by atoms with Crippen LogP contribution in [-0.2, 0) is 0 Å². The number of rotatable bonds is 5. The highest BCUT2D eigenvalue weighted by Crippen LogP contribution is 2.30. The van der Waals surface area contributed by atoms with Crippen molar-refractivity contribution in [2.45, 2.75) is 27.2 Å². The van der Waals surface area contributed by atoms with Crippen molar-refractivity contribution >= 4 is 27.5 Å². The third-order valence-electron chi connectivity index (χ3n) is 2.54. The van der Waals surface area contributed by atoms with Crippen LogP contribution in [0.2, 0.25) is 0 Å². The number of hydrogen-bond donors (Lipinski definition) is 2. The first-order chi connectivity index (χ1) is 8.60. The molecule has 0 atom stereocenters. The summed E-state index contributed by atoms with van der Waals surface area (Å²) in [6.07, 6.45) is 1.00. The summed E-state index contributed by atoms with van der Waals surface area (Å²) >= 11 is 1.61. The molecule has 0 spiro atoms. The van der Waals surface area contributed by atoms with Crippen LogP contribution in [-0.4, -0.2) is 16.6 Å². The van der Waals surface area contributed by atoms with Gasteiger partial charge in [0.15, 0.2) is 0 Å². The lowest BCUT2D eigenvalue weighted by molar-refractivity contribution is 0.283. The Hall–Kier alpha value is -1.40. The number of aryl methyl sites for hydroxylation is 1. The number of hydrogen-bond acceptors (Lipinski definition) is 6. The van der Waals surface area contributed by atoms with E-state index in [2.05, 4.69) is 29.2 Å². The molecule has 0 aliphatic carbocycles. The molecule has 2 heterocycles. The van der Waals surface area contributed by atoms with Gasteiger partial charge < -0.3 is 4.74 Å². The first-order valence-electron chi connectivity index (χ1n) is 5.97. The van der Waals surface area contributed by atoms with Crippen LogP contribution in [0.3, 0.4) is 0 Å². The number of anilines is 1. The van der Waals surface area contributed by atoms with Crippen molar-refractivity contribution in [3.05, 3.63) is 10.9 Å². The van der Waals surface area contributed by atoms with Crippen LogP contribution in [0.5, 0.6) is 5.88 Å². The van der Waals surface area contributed by atoms with E-state index in [0.717, 1.165) is 16.6 Å². The summed E-state index contributed by atoms with van der Waals surface area (Å²) in [6, 6.07) is 2.05. The minimum atomic E-state index is 0.392. The van der Waals surface area contributed by atoms with Crippen LogP contribution in [0.1, 0.15) is 25.1 Å². The van der Waals surface area contributed by atoms with Gasteiger partial charge in [-0.25, -0.2) is 10.8 Å². The minimum absolute atomic E-state index is 0.392. The van der Waals surface area contributed by atoms with Gasteiger partial charge in [-0.1, -0.05) is 13.8 Å². The molecule has 0 amide bonds. The van der Waals surface area contributed by atoms with Crippen LogP contribution in [0.4, 0.5) is 5.95 Å². The molecular formula is C12H18N4OS. The lowest BCUT2D eigenvalue weighted by Crippen LogP contribution is -2.11. The monoisotopic (exact) mass is 266 g/mol. The number of aromatic nitrogens is 2. The van der Waals surface area contributed by atoms with E-state index in [9.17, 15) is 0 Å². The minimum Gasteiger partial charge on any atom is -0.477 e. The molecule has 0 fully saturated rings. The predicted octanol–water partition coefficient (Wildman–Crippen LogP) is 2.71. The fourth-order valence-electron chi connectivity index (χ4n) is 1.58. The molecule has 0 saturated carbocycles. The number of nitrogens with one attached hydrogen (secondary N) is 1. The Kier molecular flexibility index (Phi) is 3.98. The van der Waals surface area contributed by atoms with Gasteiger partial charge in [0.25, 0.3) is 0 Å². The van der Waals surface area contributed by atoms with E-state index in [1.54, 1.807) is 11.3 Å². The Morgan fingerprint density at radius 2 is 2.22 bits per heavy atom. The zero-order valence-electron chi connectivity index (χ0n) is 10.9. The number of nitrogens with zero attached hydrogens (tertiary/aromatic N) is 2. The number of nitrogen functional groups attached to an aromatic ring is 1. The molecule has 6 heteroatoms. The normalized spacial score (nSPS) is 11.2. The van der Waals surface area contributed by atoms with Crippen molar-refractivity contribution in [3.8, 4) is 5.88 Å². The number of fused-ring (bicyclic) bond motifs is 1. The van der Waals surface area contributed by atoms with Gasteiger partial charge in [-0.3, -0.25) is 5.43 Å². The highest BCUT2D eigenvalue weighted by Gasteiger charge is 2.11. The second-order valence-electron chi connectivity index (χ2n) is 4.60. The molecule has 2 aromatic rings. The average Bonchev–Trinajstić information content (AvgIpc) is 2.68. The van der Waals surface area contributed by atoms with E-state index in [1.807, 2.05) is 13.0 Å². The summed E-state index contributed by atoms with van der Waals surface area (Å²) in [5, 5.41) is 0.959. The topological polar surface area (TPSA) is 73.1 Å². The van der Waals surface area contributed by atoms with E-state index in [-0.39, 0.29) is 0 Å². The number of ether oxygens (including phenoxy) is 1. The molecule has 0 saturated heterocycles. The van der Waals surface area contributed by atoms with E-state index >= 15 is 0 Å². The Morgan fingerprint density at radius 1 is 1.44 bits per heavy atom. The summed E-state index contributed by atoms with van der Waals surface area (Å²) in [5.74, 6) is 6.98. The summed E-state index contributed by atoms with van der Waals surface area (Å²) in [6.45, 7) is 7.03. The van der Waals surface area contributed by atoms with Gasteiger partial charge in [0.2, 0.25) is 11.8 Å². The van der Waals surface area contributed by atoms with Crippen molar-refractivity contribution in [1.82, 2.24) is 9.97 Å². The van der Waals surface area contributed by atoms with Gasteiger partial charge in [-0.15, -0.1) is 11.3 Å². The maximum absolute atomic E-state index is 5.75. The van der Waals surface area contributed by atoms with Crippen LogP contribution >= 0.6 is 11.3 Å². The molecule has 2 rings (SSSR count). The summed E-state index contributed by atoms with van der Waals surface area (Å²) in [5.41, 5.74) is 2.47. The summed E-state index contributed by atoms with van der Waals surface area (Å²) in [7, 11) is 0. The Bertz CT molecular complexity index is 538. The smallest absolute Gasteiger partial charge is 0.241 e. The average molecular weight is 266 g/mol. The van der Waals surface area contributed by atoms with Crippen molar-refractivity contribution in [2.75, 3.05) is 12.0 Å². The zero-order chi connectivity index (χ0) is 13.1. The van der Waals surface area contributed by atoms with Crippen LogP contribution < -0.4 is 16.0 Å². The Labute approximate surface area is 110 Å². The molecule has 18 heavy (non-hydrogen) atoms. The number of hydrazine groups is 1. The second-order valence-corrected chi connectivity index (χ2v) is 5.84. The standard InChI is InChI=1S/C12H18N4OS/c1-7(2)4-5-17-10-9-6-8(3)18-11(9)15-12(14-10)16-13/h6-7H,4-5,13H2,1-3H3,(H,14,15,16). The fraction of sp³-hybridized carbons (Fsp3) is 0.500. The Morgan fingerprint density at radius 3 is 2.89 bits per heavy atom. The first kappa shape index (κ1) is 13.0. The van der Waals surface area contributed by atoms with Crippen LogP contribution in [0, 0.1) is 12.8 Å². The molecule has 5 nitrogen and oxygen atoms in total. The summed E-state index contributed by atoms with van der Waals surface area (Å²) < 4.78 is 5.75. The van der Waals surface area contributed by atoms with E-state index in [4.69, 9.17) is 10.6 Å². The zero-order valence-corrected chi connectivity index (χ0v) is 11.7. The molecule has 2 aromatic heterocycles. The van der Waals surface area contributed by atoms with Gasteiger partial charge in [0.1, 0.15) is 4.83 Å². The van der Waals surface area contributed by atoms with E-state index in [1.165, 1.54) is 4.88 Å². The molecule has 0 unspecified atom stereocenters. The number of nitrogens with two attached hydrogens (primary N) is 1. The molecule has 0 aliphatic rings. The van der Waals surface area contributed by atoms with Gasteiger partial charge in [0, 0.05) is 4.88 Å². The van der Waals surface area contributed by atoms with Gasteiger partial charge in [-0.05, 0) is 25.3 Å². The van der Waals surface area contributed by atoms with Gasteiger partial charge in [-0.2, -0.15) is 4.98 Å². The third kappa shape index (κ3) is 2.88. The van der Waals surface area contributed by atoms with Crippen molar-refractivity contribution in [2.24, 2.45) is 11.8 Å². The van der Waals surface area contributed by atoms with E-state index in [0.29, 0.717) is 24.4 Å². The molecule has 0 aliphatic heterocycles. The Balaban J connectivity index is 2.28. The lowest BCUT2D eigenvalue weighted by Gasteiger charge is -2.09. The quantitative estimate of drug-likeness (QED) is 0.643. The SMILES string of the molecule is Cc1cc2c(OCCC(C)C)nc(NN)nc2s1. The molecule has 0 aromatic carbocycles. The maximum atomic E-state index is 5.75. The van der Waals surface area contributed by atoms with Crippen molar-refractivity contribution in [3.63, 3.8) is 0 Å². The highest BCUT2D eigenvalue weighted by atomic mass is 32.1. The third-order valence-corrected chi connectivity index (χ3v) is 3.49. The maximum Gasteiger partial charge on any atom is 0.241 e.